The summed E-state index contributed by atoms with van der Waals surface area (Å²) in [5.74, 6) is -0.486. The Morgan fingerprint density at radius 3 is 2.46 bits per heavy atom. The maximum absolute atomic E-state index is 13.3. The number of hydrogen-bond acceptors (Lipinski definition) is 9. The molecular formula is C30H37N7O3S. The van der Waals surface area contributed by atoms with E-state index < -0.39 is 0 Å². The molecular weight excluding hydrogens is 538 g/mol. The number of benzene rings is 1. The smallest absolute Gasteiger partial charge is 0.316 e. The molecule has 3 fully saturated rings. The molecule has 3 aliphatic rings. The molecule has 0 unspecified atom stereocenters. The Labute approximate surface area is 244 Å². The van der Waals surface area contributed by atoms with Crippen molar-refractivity contribution in [3.63, 3.8) is 0 Å². The van der Waals surface area contributed by atoms with Crippen molar-refractivity contribution in [2.24, 2.45) is 0 Å². The highest BCUT2D eigenvalue weighted by atomic mass is 32.1. The van der Waals surface area contributed by atoms with Crippen LogP contribution in [0.3, 0.4) is 0 Å². The highest BCUT2D eigenvalue weighted by Gasteiger charge is 2.39. The number of hydrogen-bond donors (Lipinski definition) is 2. The van der Waals surface area contributed by atoms with Crippen molar-refractivity contribution in [3.8, 4) is 6.01 Å². The minimum Gasteiger partial charge on any atom is -0.460 e. The van der Waals surface area contributed by atoms with E-state index in [4.69, 9.17) is 4.74 Å². The maximum atomic E-state index is 13.3. The van der Waals surface area contributed by atoms with E-state index in [9.17, 15) is 9.59 Å². The fourth-order valence-corrected chi connectivity index (χ4v) is 7.03. The van der Waals surface area contributed by atoms with Crippen LogP contribution in [0.15, 0.2) is 42.0 Å². The average Bonchev–Trinajstić information content (AvgIpc) is 3.74. The zero-order valence-electron chi connectivity index (χ0n) is 23.4. The zero-order valence-corrected chi connectivity index (χ0v) is 24.2. The number of anilines is 2. The molecule has 6 rings (SSSR count). The van der Waals surface area contributed by atoms with E-state index in [0.29, 0.717) is 41.6 Å². The van der Waals surface area contributed by atoms with Crippen LogP contribution in [0.4, 0.5) is 10.8 Å². The third-order valence-corrected chi connectivity index (χ3v) is 9.23. The molecule has 0 aliphatic carbocycles. The lowest BCUT2D eigenvalue weighted by atomic mass is 10.0. The van der Waals surface area contributed by atoms with Gasteiger partial charge in [-0.25, -0.2) is 15.0 Å². The Morgan fingerprint density at radius 2 is 1.76 bits per heavy atom. The first-order valence-corrected chi connectivity index (χ1v) is 15.6. The summed E-state index contributed by atoms with van der Waals surface area (Å²) in [6, 6.07) is 9.32. The maximum Gasteiger partial charge on any atom is 0.316 e. The number of amides is 2. The molecule has 3 saturated heterocycles. The summed E-state index contributed by atoms with van der Waals surface area (Å²) in [6.45, 7) is 4.99. The number of rotatable bonds is 10. The van der Waals surface area contributed by atoms with Crippen molar-refractivity contribution >= 4 is 34.0 Å². The zero-order chi connectivity index (χ0) is 28.2. The Balaban J connectivity index is 1.10. The van der Waals surface area contributed by atoms with Crippen LogP contribution in [0, 0.1) is 0 Å². The molecule has 41 heavy (non-hydrogen) atoms. The second-order valence-electron chi connectivity index (χ2n) is 11.1. The molecule has 2 bridgehead atoms. The third kappa shape index (κ3) is 6.36. The number of nitrogens with one attached hydrogen (secondary N) is 2. The molecule has 2 N–H and O–H groups in total. The lowest BCUT2D eigenvalue weighted by molar-refractivity contribution is 0.0954. The first kappa shape index (κ1) is 27.6. The van der Waals surface area contributed by atoms with E-state index >= 15 is 0 Å². The van der Waals surface area contributed by atoms with Gasteiger partial charge in [-0.3, -0.25) is 14.5 Å². The number of carbonyl (C=O) groups excluding carboxylic acids is 2. The fourth-order valence-electron chi connectivity index (χ4n) is 6.17. The normalized spacial score (nSPS) is 20.8. The largest absolute Gasteiger partial charge is 0.460 e. The molecule has 11 heteroatoms. The molecule has 216 valence electrons. The molecule has 10 nitrogen and oxygen atoms in total. The van der Waals surface area contributed by atoms with Gasteiger partial charge in [-0.05, 0) is 55.9 Å². The molecule has 3 aromatic rings. The van der Waals surface area contributed by atoms with E-state index in [0.717, 1.165) is 49.6 Å². The van der Waals surface area contributed by atoms with E-state index in [1.165, 1.54) is 37.0 Å². The van der Waals surface area contributed by atoms with Gasteiger partial charge in [0.05, 0.1) is 11.3 Å². The topological polar surface area (TPSA) is 113 Å². The van der Waals surface area contributed by atoms with Crippen LogP contribution in [0.5, 0.6) is 6.01 Å². The van der Waals surface area contributed by atoms with Gasteiger partial charge in [0.15, 0.2) is 5.13 Å². The van der Waals surface area contributed by atoms with Crippen LogP contribution in [-0.2, 0) is 6.54 Å². The van der Waals surface area contributed by atoms with Crippen LogP contribution < -0.4 is 20.3 Å². The number of carbonyl (C=O) groups is 2. The van der Waals surface area contributed by atoms with Gasteiger partial charge in [0.1, 0.15) is 11.8 Å². The third-order valence-electron chi connectivity index (χ3n) is 8.33. The van der Waals surface area contributed by atoms with E-state index in [1.807, 2.05) is 25.1 Å². The van der Waals surface area contributed by atoms with Gasteiger partial charge < -0.3 is 20.3 Å². The van der Waals surface area contributed by atoms with E-state index in [1.54, 1.807) is 23.8 Å². The van der Waals surface area contributed by atoms with Gasteiger partial charge in [0.2, 0.25) is 0 Å². The number of fused-ring (bicyclic) bond motifs is 2. The summed E-state index contributed by atoms with van der Waals surface area (Å²) in [6.07, 6.45) is 11.0. The molecule has 1 aromatic carbocycles. The first-order valence-electron chi connectivity index (χ1n) is 14.7. The van der Waals surface area contributed by atoms with E-state index in [-0.39, 0.29) is 17.9 Å². The molecule has 2 amide bonds. The second kappa shape index (κ2) is 12.5. The first-order chi connectivity index (χ1) is 20.1. The van der Waals surface area contributed by atoms with Crippen molar-refractivity contribution in [1.29, 1.82) is 0 Å². The highest BCUT2D eigenvalue weighted by molar-refractivity contribution is 7.14. The average molecular weight is 576 g/mol. The standard InChI is InChI=1S/C30H37N7O3S/c1-2-12-31-27(38)24-17-20(18-37-21-5-6-22(37)8-7-21)4-9-25(24)34-28(39)26-19-41-30(35-26)36-15-10-23(11-16-36)40-29-32-13-3-14-33-29/h3-4,9,13-14,17,19,21-23H,2,5-8,10-12,15-16,18H2,1H3,(H,31,38)(H,34,39). The number of aromatic nitrogens is 3. The molecule has 5 heterocycles. The Kier molecular flexibility index (Phi) is 8.43. The van der Waals surface area contributed by atoms with Crippen molar-refractivity contribution in [1.82, 2.24) is 25.2 Å². The van der Waals surface area contributed by atoms with Crippen molar-refractivity contribution in [2.75, 3.05) is 29.9 Å². The molecule has 0 atom stereocenters. The number of thiazole rings is 1. The Hall–Kier alpha value is -3.57. The second-order valence-corrected chi connectivity index (χ2v) is 11.9. The van der Waals surface area contributed by atoms with Crippen LogP contribution in [0.25, 0.3) is 0 Å². The SMILES string of the molecule is CCCNC(=O)c1cc(CN2C3CCC2CC3)ccc1NC(=O)c1csc(N2CCC(Oc3ncccn3)CC2)n1. The van der Waals surface area contributed by atoms with Crippen LogP contribution in [0.2, 0.25) is 0 Å². The van der Waals surface area contributed by atoms with Crippen molar-refractivity contribution < 1.29 is 14.3 Å². The van der Waals surface area contributed by atoms with Gasteiger partial charge in [-0.2, -0.15) is 0 Å². The monoisotopic (exact) mass is 575 g/mol. The lowest BCUT2D eigenvalue weighted by Gasteiger charge is -2.31. The fraction of sp³-hybridized carbons (Fsp3) is 0.500. The van der Waals surface area contributed by atoms with Gasteiger partial charge >= 0.3 is 6.01 Å². The molecule has 0 radical (unpaired) electrons. The highest BCUT2D eigenvalue weighted by Crippen LogP contribution is 2.38. The van der Waals surface area contributed by atoms with Gasteiger partial charge in [-0.15, -0.1) is 11.3 Å². The van der Waals surface area contributed by atoms with Gasteiger partial charge in [0.25, 0.3) is 11.8 Å². The number of ether oxygens (including phenoxy) is 1. The van der Waals surface area contributed by atoms with Crippen molar-refractivity contribution in [2.45, 2.75) is 76.6 Å². The molecule has 2 aromatic heterocycles. The number of nitrogens with zero attached hydrogens (tertiary/aromatic N) is 5. The van der Waals surface area contributed by atoms with Gasteiger partial charge in [-0.1, -0.05) is 13.0 Å². The lowest BCUT2D eigenvalue weighted by Crippen LogP contribution is -2.38. The summed E-state index contributed by atoms with van der Waals surface area (Å²) < 4.78 is 5.90. The molecule has 0 saturated carbocycles. The summed E-state index contributed by atoms with van der Waals surface area (Å²) >= 11 is 1.45. The summed E-state index contributed by atoms with van der Waals surface area (Å²) in [5, 5.41) is 8.52. The van der Waals surface area contributed by atoms with E-state index in [2.05, 4.69) is 35.4 Å². The minimum atomic E-state index is -0.318. The summed E-state index contributed by atoms with van der Waals surface area (Å²) in [7, 11) is 0. The predicted molar refractivity (Wildman–Crippen MR) is 159 cm³/mol. The molecule has 3 aliphatic heterocycles. The Bertz CT molecular complexity index is 1340. The Morgan fingerprint density at radius 1 is 1.02 bits per heavy atom. The quantitative estimate of drug-likeness (QED) is 0.364. The van der Waals surface area contributed by atoms with Crippen LogP contribution in [-0.4, -0.2) is 69.5 Å². The van der Waals surface area contributed by atoms with Crippen LogP contribution in [0.1, 0.15) is 78.3 Å². The minimum absolute atomic E-state index is 0.0530. The predicted octanol–water partition coefficient (Wildman–Crippen LogP) is 4.50. The van der Waals surface area contributed by atoms with Gasteiger partial charge in [0, 0.05) is 68.9 Å². The summed E-state index contributed by atoms with van der Waals surface area (Å²) in [4.78, 5) is 44.1. The van der Waals surface area contributed by atoms with Crippen LogP contribution >= 0.6 is 11.3 Å². The molecule has 0 spiro atoms. The summed E-state index contributed by atoms with van der Waals surface area (Å²) in [5.41, 5.74) is 2.45. The van der Waals surface area contributed by atoms with Crippen molar-refractivity contribution in [3.05, 3.63) is 58.9 Å². The number of piperidine rings is 1.